The number of amides is 1. The van der Waals surface area contributed by atoms with E-state index in [-0.39, 0.29) is 18.4 Å². The van der Waals surface area contributed by atoms with E-state index in [1.54, 1.807) is 18.0 Å². The molecule has 1 N–H and O–H groups in total. The minimum Gasteiger partial charge on any atom is -0.441 e. The van der Waals surface area contributed by atoms with Crippen molar-refractivity contribution in [2.75, 3.05) is 13.7 Å². The molecule has 2 heterocycles. The molecule has 0 aliphatic heterocycles. The summed E-state index contributed by atoms with van der Waals surface area (Å²) >= 11 is 0. The van der Waals surface area contributed by atoms with Crippen molar-refractivity contribution in [3.63, 3.8) is 0 Å². The van der Waals surface area contributed by atoms with Crippen LogP contribution in [0.15, 0.2) is 47.0 Å². The molecule has 0 radical (unpaired) electrons. The van der Waals surface area contributed by atoms with Crippen LogP contribution in [0.4, 0.5) is 0 Å². The van der Waals surface area contributed by atoms with Gasteiger partial charge in [0.15, 0.2) is 0 Å². The first kappa shape index (κ1) is 17.9. The van der Waals surface area contributed by atoms with Crippen LogP contribution >= 0.6 is 0 Å². The van der Waals surface area contributed by atoms with Crippen molar-refractivity contribution < 1.29 is 13.9 Å². The van der Waals surface area contributed by atoms with Gasteiger partial charge in [0, 0.05) is 25.9 Å². The summed E-state index contributed by atoms with van der Waals surface area (Å²) in [5.74, 6) is 1.01. The lowest BCUT2D eigenvalue weighted by atomic mass is 10.2. The van der Waals surface area contributed by atoms with E-state index in [2.05, 4.69) is 15.4 Å². The predicted molar refractivity (Wildman–Crippen MR) is 96.3 cm³/mol. The van der Waals surface area contributed by atoms with E-state index in [1.807, 2.05) is 50.4 Å². The van der Waals surface area contributed by atoms with Gasteiger partial charge in [0.05, 0.1) is 30.5 Å². The number of nitrogens with zero attached hydrogens (tertiary/aromatic N) is 3. The summed E-state index contributed by atoms with van der Waals surface area (Å²) in [7, 11) is 3.43. The van der Waals surface area contributed by atoms with E-state index in [1.165, 1.54) is 0 Å². The molecule has 136 valence electrons. The fourth-order valence-corrected chi connectivity index (χ4v) is 2.79. The van der Waals surface area contributed by atoms with Crippen LogP contribution in [0.2, 0.25) is 0 Å². The number of oxazole rings is 1. The maximum Gasteiger partial charge on any atom is 0.226 e. The average Bonchev–Trinajstić information content (AvgIpc) is 3.21. The van der Waals surface area contributed by atoms with Gasteiger partial charge >= 0.3 is 0 Å². The Morgan fingerprint density at radius 3 is 2.73 bits per heavy atom. The van der Waals surface area contributed by atoms with Crippen molar-refractivity contribution >= 4 is 5.91 Å². The van der Waals surface area contributed by atoms with Gasteiger partial charge in [-0.1, -0.05) is 18.2 Å². The zero-order valence-corrected chi connectivity index (χ0v) is 15.1. The Labute approximate surface area is 152 Å². The van der Waals surface area contributed by atoms with E-state index in [9.17, 15) is 4.79 Å². The number of carbonyl (C=O) groups is 1. The van der Waals surface area contributed by atoms with E-state index >= 15 is 0 Å². The SMILES string of the molecule is COCC(NC(=O)Cc1nc(-c2ccccc2)oc1C)c1ccnn1C. The topological polar surface area (TPSA) is 82.2 Å². The highest BCUT2D eigenvalue weighted by atomic mass is 16.5. The molecular weight excluding hydrogens is 332 g/mol. The van der Waals surface area contributed by atoms with Gasteiger partial charge in [-0.05, 0) is 25.1 Å². The molecule has 1 atom stereocenters. The fraction of sp³-hybridized carbons (Fsp3) is 0.316. The fourth-order valence-electron chi connectivity index (χ4n) is 2.79. The van der Waals surface area contributed by atoms with Gasteiger partial charge in [0.25, 0.3) is 0 Å². The lowest BCUT2D eigenvalue weighted by Crippen LogP contribution is -2.33. The molecule has 0 saturated heterocycles. The maximum absolute atomic E-state index is 12.5. The summed E-state index contributed by atoms with van der Waals surface area (Å²) in [6.07, 6.45) is 1.83. The molecule has 1 unspecified atom stereocenters. The van der Waals surface area contributed by atoms with E-state index in [4.69, 9.17) is 9.15 Å². The number of ether oxygens (including phenoxy) is 1. The second-order valence-electron chi connectivity index (χ2n) is 6.02. The third kappa shape index (κ3) is 4.00. The third-order valence-corrected chi connectivity index (χ3v) is 4.13. The highest BCUT2D eigenvalue weighted by Crippen LogP contribution is 2.22. The van der Waals surface area contributed by atoms with Gasteiger partial charge in [-0.3, -0.25) is 9.48 Å². The van der Waals surface area contributed by atoms with Gasteiger partial charge in [-0.15, -0.1) is 0 Å². The Balaban J connectivity index is 1.71. The quantitative estimate of drug-likeness (QED) is 0.705. The summed E-state index contributed by atoms with van der Waals surface area (Å²) < 4.78 is 12.7. The monoisotopic (exact) mass is 354 g/mol. The minimum atomic E-state index is -0.277. The number of methoxy groups -OCH3 is 1. The predicted octanol–water partition coefficient (Wildman–Crippen LogP) is 2.43. The summed E-state index contributed by atoms with van der Waals surface area (Å²) in [4.78, 5) is 17.0. The van der Waals surface area contributed by atoms with Crippen LogP contribution in [0.1, 0.15) is 23.2 Å². The Bertz CT molecular complexity index is 870. The molecular formula is C19H22N4O3. The van der Waals surface area contributed by atoms with Gasteiger partial charge in [0.1, 0.15) is 5.76 Å². The first-order valence-electron chi connectivity index (χ1n) is 8.36. The van der Waals surface area contributed by atoms with Gasteiger partial charge in [-0.2, -0.15) is 5.10 Å². The van der Waals surface area contributed by atoms with Crippen LogP contribution in [0.25, 0.3) is 11.5 Å². The number of hydrogen-bond acceptors (Lipinski definition) is 5. The zero-order chi connectivity index (χ0) is 18.5. The molecule has 0 fully saturated rings. The second kappa shape index (κ2) is 7.97. The van der Waals surface area contributed by atoms with Crippen molar-refractivity contribution in [1.82, 2.24) is 20.1 Å². The van der Waals surface area contributed by atoms with Crippen LogP contribution in [0.5, 0.6) is 0 Å². The van der Waals surface area contributed by atoms with Crippen LogP contribution in [-0.2, 0) is 23.0 Å². The van der Waals surface area contributed by atoms with Crippen LogP contribution in [0, 0.1) is 6.92 Å². The summed E-state index contributed by atoms with van der Waals surface area (Å²) in [5, 5.41) is 7.12. The minimum absolute atomic E-state index is 0.139. The molecule has 3 rings (SSSR count). The Kier molecular flexibility index (Phi) is 5.48. The molecule has 3 aromatic rings. The first-order chi connectivity index (χ1) is 12.6. The first-order valence-corrected chi connectivity index (χ1v) is 8.36. The van der Waals surface area contributed by atoms with Gasteiger partial charge in [-0.25, -0.2) is 4.98 Å². The highest BCUT2D eigenvalue weighted by molar-refractivity contribution is 5.79. The number of benzene rings is 1. The van der Waals surface area contributed by atoms with E-state index in [0.717, 1.165) is 11.3 Å². The van der Waals surface area contributed by atoms with Crippen molar-refractivity contribution in [3.8, 4) is 11.5 Å². The number of rotatable bonds is 7. The van der Waals surface area contributed by atoms with Crippen LogP contribution in [0.3, 0.4) is 0 Å². The van der Waals surface area contributed by atoms with Crippen LogP contribution in [-0.4, -0.2) is 34.4 Å². The molecule has 26 heavy (non-hydrogen) atoms. The Hall–Kier alpha value is -2.93. The molecule has 7 nitrogen and oxygen atoms in total. The highest BCUT2D eigenvalue weighted by Gasteiger charge is 2.20. The van der Waals surface area contributed by atoms with Crippen molar-refractivity contribution in [1.29, 1.82) is 0 Å². The number of aryl methyl sites for hydroxylation is 2. The Morgan fingerprint density at radius 2 is 2.08 bits per heavy atom. The number of nitrogens with one attached hydrogen (secondary N) is 1. The van der Waals surface area contributed by atoms with E-state index < -0.39 is 0 Å². The molecule has 2 aromatic heterocycles. The Morgan fingerprint density at radius 1 is 1.31 bits per heavy atom. The number of carbonyl (C=O) groups excluding carboxylic acids is 1. The molecule has 0 saturated carbocycles. The lowest BCUT2D eigenvalue weighted by molar-refractivity contribution is -0.121. The molecule has 0 bridgehead atoms. The van der Waals surface area contributed by atoms with Crippen molar-refractivity contribution in [3.05, 3.63) is 59.7 Å². The summed E-state index contributed by atoms with van der Waals surface area (Å²) in [6, 6.07) is 11.2. The normalized spacial score (nSPS) is 12.1. The third-order valence-electron chi connectivity index (χ3n) is 4.13. The molecule has 0 spiro atoms. The summed E-state index contributed by atoms with van der Waals surface area (Å²) in [5.41, 5.74) is 2.39. The van der Waals surface area contributed by atoms with Crippen molar-refractivity contribution in [2.45, 2.75) is 19.4 Å². The second-order valence-corrected chi connectivity index (χ2v) is 6.02. The molecule has 1 aromatic carbocycles. The molecule has 0 aliphatic rings. The van der Waals surface area contributed by atoms with E-state index in [0.29, 0.717) is 24.0 Å². The average molecular weight is 354 g/mol. The number of hydrogen-bond donors (Lipinski definition) is 1. The lowest BCUT2D eigenvalue weighted by Gasteiger charge is -2.18. The summed E-state index contributed by atoms with van der Waals surface area (Å²) in [6.45, 7) is 2.17. The number of aromatic nitrogens is 3. The van der Waals surface area contributed by atoms with Crippen molar-refractivity contribution in [2.24, 2.45) is 7.05 Å². The van der Waals surface area contributed by atoms with Crippen LogP contribution < -0.4 is 5.32 Å². The molecule has 1 amide bonds. The van der Waals surface area contributed by atoms with Gasteiger partial charge in [0.2, 0.25) is 11.8 Å². The zero-order valence-electron chi connectivity index (χ0n) is 15.1. The van der Waals surface area contributed by atoms with Gasteiger partial charge < -0.3 is 14.5 Å². The largest absolute Gasteiger partial charge is 0.441 e. The maximum atomic E-state index is 12.5. The smallest absolute Gasteiger partial charge is 0.226 e. The molecule has 7 heteroatoms. The molecule has 0 aliphatic carbocycles. The standard InChI is InChI=1S/C19H22N4O3/c1-13-15(22-19(26-13)14-7-5-4-6-8-14)11-18(24)21-16(12-25-3)17-9-10-20-23(17)2/h4-10,16H,11-12H2,1-3H3,(H,21,24).